The Labute approximate surface area is 104 Å². The summed E-state index contributed by atoms with van der Waals surface area (Å²) in [5, 5.41) is 11.7. The lowest BCUT2D eigenvalue weighted by molar-refractivity contribution is -0.137. The van der Waals surface area contributed by atoms with E-state index in [1.807, 2.05) is 13.8 Å². The Morgan fingerprint density at radius 2 is 2.00 bits per heavy atom. The Kier molecular flexibility index (Phi) is 4.59. The highest BCUT2D eigenvalue weighted by molar-refractivity contribution is 5.95. The predicted molar refractivity (Wildman–Crippen MR) is 65.1 cm³/mol. The lowest BCUT2D eigenvalue weighted by atomic mass is 10.0. The predicted octanol–water partition coefficient (Wildman–Crippen LogP) is 0.487. The molecular formula is C11H16N4O3. The summed E-state index contributed by atoms with van der Waals surface area (Å²) in [6.07, 6.45) is 2.69. The molecule has 1 atom stereocenters. The van der Waals surface area contributed by atoms with Crippen molar-refractivity contribution in [2.75, 3.05) is 5.32 Å². The number of aliphatic carboxylic acids is 1. The standard InChI is InChI=1S/C11H16N4O3/c1-6(2)7(5-8(16)17)15-11-9(10(12)18)13-3-4-14-11/h3-4,6-7H,5H2,1-2H3,(H2,12,18)(H,14,15)(H,16,17). The Balaban J connectivity index is 2.93. The molecule has 0 bridgehead atoms. The first-order chi connectivity index (χ1) is 8.41. The van der Waals surface area contributed by atoms with Crippen molar-refractivity contribution in [2.24, 2.45) is 11.7 Å². The van der Waals surface area contributed by atoms with Crippen LogP contribution in [0, 0.1) is 5.92 Å². The van der Waals surface area contributed by atoms with E-state index in [1.165, 1.54) is 12.4 Å². The molecule has 0 spiro atoms. The van der Waals surface area contributed by atoms with Gasteiger partial charge in [0.05, 0.1) is 6.42 Å². The van der Waals surface area contributed by atoms with Gasteiger partial charge in [-0.2, -0.15) is 0 Å². The first-order valence-electron chi connectivity index (χ1n) is 5.51. The van der Waals surface area contributed by atoms with E-state index in [4.69, 9.17) is 10.8 Å². The fraction of sp³-hybridized carbons (Fsp3) is 0.455. The van der Waals surface area contributed by atoms with E-state index in [1.54, 1.807) is 0 Å². The molecule has 7 nitrogen and oxygen atoms in total. The molecule has 18 heavy (non-hydrogen) atoms. The molecule has 0 aromatic carbocycles. The molecule has 1 heterocycles. The van der Waals surface area contributed by atoms with Gasteiger partial charge in [-0.3, -0.25) is 9.59 Å². The second-order valence-corrected chi connectivity index (χ2v) is 4.21. The Morgan fingerprint density at radius 1 is 1.39 bits per heavy atom. The quantitative estimate of drug-likeness (QED) is 0.678. The number of hydrogen-bond donors (Lipinski definition) is 3. The molecule has 1 aromatic rings. The molecule has 0 aliphatic rings. The van der Waals surface area contributed by atoms with Crippen LogP contribution in [0.15, 0.2) is 12.4 Å². The Morgan fingerprint density at radius 3 is 2.50 bits per heavy atom. The van der Waals surface area contributed by atoms with Crippen LogP contribution in [0.5, 0.6) is 0 Å². The molecule has 1 aromatic heterocycles. The van der Waals surface area contributed by atoms with E-state index < -0.39 is 11.9 Å². The van der Waals surface area contributed by atoms with E-state index in [9.17, 15) is 9.59 Å². The van der Waals surface area contributed by atoms with Crippen LogP contribution in [0.3, 0.4) is 0 Å². The fourth-order valence-corrected chi connectivity index (χ4v) is 1.44. The summed E-state index contributed by atoms with van der Waals surface area (Å²) in [6, 6.07) is -0.350. The van der Waals surface area contributed by atoms with Crippen LogP contribution in [0.25, 0.3) is 0 Å². The van der Waals surface area contributed by atoms with Crippen molar-refractivity contribution >= 4 is 17.7 Å². The van der Waals surface area contributed by atoms with Crippen molar-refractivity contribution in [3.63, 3.8) is 0 Å². The smallest absolute Gasteiger partial charge is 0.305 e. The second kappa shape index (κ2) is 5.95. The van der Waals surface area contributed by atoms with Gasteiger partial charge >= 0.3 is 5.97 Å². The van der Waals surface area contributed by atoms with Crippen molar-refractivity contribution in [1.82, 2.24) is 9.97 Å². The summed E-state index contributed by atoms with van der Waals surface area (Å²) in [5.74, 6) is -1.36. The number of amides is 1. The van der Waals surface area contributed by atoms with Gasteiger partial charge in [0.2, 0.25) is 0 Å². The van der Waals surface area contributed by atoms with E-state index in [2.05, 4.69) is 15.3 Å². The van der Waals surface area contributed by atoms with Gasteiger partial charge < -0.3 is 16.2 Å². The average molecular weight is 252 g/mol. The summed E-state index contributed by atoms with van der Waals surface area (Å²) in [5.41, 5.74) is 5.18. The molecule has 1 unspecified atom stereocenters. The van der Waals surface area contributed by atoms with Crippen molar-refractivity contribution in [2.45, 2.75) is 26.3 Å². The number of nitrogens with one attached hydrogen (secondary N) is 1. The third-order valence-electron chi connectivity index (χ3n) is 2.45. The molecule has 1 amide bonds. The SMILES string of the molecule is CC(C)C(CC(=O)O)Nc1nccnc1C(N)=O. The normalized spacial score (nSPS) is 12.2. The number of rotatable bonds is 6. The number of carbonyl (C=O) groups is 2. The largest absolute Gasteiger partial charge is 0.481 e. The number of nitrogens with zero attached hydrogens (tertiary/aromatic N) is 2. The van der Waals surface area contributed by atoms with Crippen molar-refractivity contribution in [3.05, 3.63) is 18.1 Å². The molecule has 4 N–H and O–H groups in total. The molecule has 0 saturated heterocycles. The summed E-state index contributed by atoms with van der Waals surface area (Å²) in [4.78, 5) is 29.7. The van der Waals surface area contributed by atoms with Crippen molar-refractivity contribution in [1.29, 1.82) is 0 Å². The van der Waals surface area contributed by atoms with E-state index in [0.717, 1.165) is 0 Å². The molecule has 0 saturated carbocycles. The van der Waals surface area contributed by atoms with Gasteiger partial charge in [-0.25, -0.2) is 9.97 Å². The van der Waals surface area contributed by atoms with Gasteiger partial charge in [0.15, 0.2) is 11.5 Å². The van der Waals surface area contributed by atoms with E-state index >= 15 is 0 Å². The highest BCUT2D eigenvalue weighted by Crippen LogP contribution is 2.15. The minimum absolute atomic E-state index is 0.00791. The van der Waals surface area contributed by atoms with Gasteiger partial charge in [0.1, 0.15) is 0 Å². The molecule has 0 fully saturated rings. The number of carbonyl (C=O) groups excluding carboxylic acids is 1. The summed E-state index contributed by atoms with van der Waals surface area (Å²) in [6.45, 7) is 3.75. The van der Waals surface area contributed by atoms with Crippen LogP contribution in [0.4, 0.5) is 5.82 Å². The average Bonchev–Trinajstić information content (AvgIpc) is 2.27. The van der Waals surface area contributed by atoms with Gasteiger partial charge in [-0.1, -0.05) is 13.8 Å². The van der Waals surface area contributed by atoms with Crippen LogP contribution in [-0.2, 0) is 4.79 Å². The summed E-state index contributed by atoms with van der Waals surface area (Å²) >= 11 is 0. The minimum atomic E-state index is -0.925. The van der Waals surface area contributed by atoms with Gasteiger partial charge in [0.25, 0.3) is 5.91 Å². The molecule has 0 aliphatic carbocycles. The summed E-state index contributed by atoms with van der Waals surface area (Å²) < 4.78 is 0. The van der Waals surface area contributed by atoms with Crippen LogP contribution in [0.1, 0.15) is 30.8 Å². The van der Waals surface area contributed by atoms with Gasteiger partial charge in [-0.15, -0.1) is 0 Å². The van der Waals surface area contributed by atoms with Gasteiger partial charge in [0, 0.05) is 18.4 Å². The minimum Gasteiger partial charge on any atom is -0.481 e. The van der Waals surface area contributed by atoms with Crippen LogP contribution < -0.4 is 11.1 Å². The first kappa shape index (κ1) is 13.9. The maximum atomic E-state index is 11.2. The highest BCUT2D eigenvalue weighted by atomic mass is 16.4. The topological polar surface area (TPSA) is 118 Å². The molecule has 98 valence electrons. The summed E-state index contributed by atoms with van der Waals surface area (Å²) in [7, 11) is 0. The van der Waals surface area contributed by atoms with Crippen molar-refractivity contribution < 1.29 is 14.7 Å². The second-order valence-electron chi connectivity index (χ2n) is 4.21. The van der Waals surface area contributed by atoms with Crippen molar-refractivity contribution in [3.8, 4) is 0 Å². The first-order valence-corrected chi connectivity index (χ1v) is 5.51. The van der Waals surface area contributed by atoms with Crippen LogP contribution >= 0.6 is 0 Å². The maximum absolute atomic E-state index is 11.2. The number of carboxylic acids is 1. The number of nitrogens with two attached hydrogens (primary N) is 1. The Hall–Kier alpha value is -2.18. The monoisotopic (exact) mass is 252 g/mol. The molecule has 0 aliphatic heterocycles. The van der Waals surface area contributed by atoms with E-state index in [-0.39, 0.29) is 29.9 Å². The zero-order valence-corrected chi connectivity index (χ0v) is 10.3. The van der Waals surface area contributed by atoms with E-state index in [0.29, 0.717) is 0 Å². The number of carboxylic acid groups (broad SMARTS) is 1. The molecule has 1 rings (SSSR count). The number of primary amides is 1. The maximum Gasteiger partial charge on any atom is 0.305 e. The molecule has 7 heteroatoms. The highest BCUT2D eigenvalue weighted by Gasteiger charge is 2.20. The lowest BCUT2D eigenvalue weighted by Gasteiger charge is -2.21. The third-order valence-corrected chi connectivity index (χ3v) is 2.45. The van der Waals surface area contributed by atoms with Crippen LogP contribution in [0.2, 0.25) is 0 Å². The molecule has 0 radical (unpaired) electrons. The lowest BCUT2D eigenvalue weighted by Crippen LogP contribution is -2.30. The zero-order valence-electron chi connectivity index (χ0n) is 10.3. The van der Waals surface area contributed by atoms with Crippen LogP contribution in [-0.4, -0.2) is 33.0 Å². The number of hydrogen-bond acceptors (Lipinski definition) is 5. The number of aromatic nitrogens is 2. The fourth-order valence-electron chi connectivity index (χ4n) is 1.44. The molecular weight excluding hydrogens is 236 g/mol. The number of anilines is 1. The zero-order chi connectivity index (χ0) is 13.7. The van der Waals surface area contributed by atoms with Gasteiger partial charge in [-0.05, 0) is 5.92 Å². The third kappa shape index (κ3) is 3.69. The Bertz CT molecular complexity index is 448.